The lowest BCUT2D eigenvalue weighted by molar-refractivity contribution is 0.0522. The molecule has 0 unspecified atom stereocenters. The number of halogens is 1. The Morgan fingerprint density at radius 1 is 1.38 bits per heavy atom. The predicted octanol–water partition coefficient (Wildman–Crippen LogP) is 3.10. The molecule has 0 spiro atoms. The van der Waals surface area contributed by atoms with Gasteiger partial charge in [0.1, 0.15) is 0 Å². The Morgan fingerprint density at radius 2 is 2.12 bits per heavy atom. The molecule has 0 bridgehead atoms. The van der Waals surface area contributed by atoms with E-state index < -0.39 is 0 Å². The molecular formula is C13H20ClNO. The summed E-state index contributed by atoms with van der Waals surface area (Å²) in [6.07, 6.45) is 0. The van der Waals surface area contributed by atoms with Crippen molar-refractivity contribution < 1.29 is 4.74 Å². The van der Waals surface area contributed by atoms with Gasteiger partial charge in [0.15, 0.2) is 0 Å². The van der Waals surface area contributed by atoms with Crippen LogP contribution in [0, 0.1) is 5.41 Å². The van der Waals surface area contributed by atoms with Crippen LogP contribution in [0.25, 0.3) is 0 Å². The van der Waals surface area contributed by atoms with Gasteiger partial charge in [0.05, 0.1) is 13.2 Å². The van der Waals surface area contributed by atoms with Gasteiger partial charge >= 0.3 is 0 Å². The van der Waals surface area contributed by atoms with E-state index in [1.165, 1.54) is 0 Å². The summed E-state index contributed by atoms with van der Waals surface area (Å²) in [4.78, 5) is 0. The molecule has 1 aromatic rings. The molecule has 0 saturated heterocycles. The molecule has 16 heavy (non-hydrogen) atoms. The monoisotopic (exact) mass is 241 g/mol. The van der Waals surface area contributed by atoms with Crippen LogP contribution in [0.2, 0.25) is 5.02 Å². The largest absolute Gasteiger partial charge is 0.376 e. The Hall–Kier alpha value is -0.570. The fourth-order valence-electron chi connectivity index (χ4n) is 1.60. The van der Waals surface area contributed by atoms with Crippen molar-refractivity contribution in [1.82, 2.24) is 5.32 Å². The van der Waals surface area contributed by atoms with E-state index in [0.29, 0.717) is 6.61 Å². The Morgan fingerprint density at radius 3 is 2.75 bits per heavy atom. The highest BCUT2D eigenvalue weighted by Crippen LogP contribution is 2.16. The molecule has 1 N–H and O–H groups in total. The predicted molar refractivity (Wildman–Crippen MR) is 68.8 cm³/mol. The normalized spacial score (nSPS) is 11.8. The molecule has 1 aromatic carbocycles. The first-order valence-corrected chi connectivity index (χ1v) is 5.88. The maximum absolute atomic E-state index is 5.90. The van der Waals surface area contributed by atoms with Crippen LogP contribution in [-0.2, 0) is 11.3 Å². The fourth-order valence-corrected chi connectivity index (χ4v) is 1.81. The molecular weight excluding hydrogens is 222 g/mol. The molecule has 2 nitrogen and oxygen atoms in total. The third kappa shape index (κ3) is 4.97. The van der Waals surface area contributed by atoms with Gasteiger partial charge in [-0.25, -0.2) is 0 Å². The van der Waals surface area contributed by atoms with Crippen molar-refractivity contribution in [3.8, 4) is 0 Å². The highest BCUT2D eigenvalue weighted by molar-refractivity contribution is 6.30. The van der Waals surface area contributed by atoms with E-state index in [9.17, 15) is 0 Å². The Bertz CT molecular complexity index is 325. The summed E-state index contributed by atoms with van der Waals surface area (Å²) in [6.45, 7) is 6.67. The van der Waals surface area contributed by atoms with Crippen LogP contribution in [0.4, 0.5) is 0 Å². The number of hydrogen-bond donors (Lipinski definition) is 1. The van der Waals surface area contributed by atoms with E-state index in [4.69, 9.17) is 16.3 Å². The van der Waals surface area contributed by atoms with Gasteiger partial charge in [-0.2, -0.15) is 0 Å². The minimum atomic E-state index is 0.160. The first-order valence-electron chi connectivity index (χ1n) is 5.50. The third-order valence-electron chi connectivity index (χ3n) is 2.31. The van der Waals surface area contributed by atoms with Gasteiger partial charge in [-0.15, -0.1) is 0 Å². The number of hydrogen-bond acceptors (Lipinski definition) is 2. The van der Waals surface area contributed by atoms with Crippen molar-refractivity contribution >= 4 is 11.6 Å². The third-order valence-corrected chi connectivity index (χ3v) is 2.54. The van der Waals surface area contributed by atoms with Gasteiger partial charge in [0.25, 0.3) is 0 Å². The maximum atomic E-state index is 5.90. The molecule has 0 aromatic heterocycles. The number of ether oxygens (including phenoxy) is 1. The van der Waals surface area contributed by atoms with Crippen molar-refractivity contribution in [3.63, 3.8) is 0 Å². The number of nitrogens with one attached hydrogen (secondary N) is 1. The number of rotatable bonds is 6. The molecule has 0 amide bonds. The Balaban J connectivity index is 2.35. The van der Waals surface area contributed by atoms with Gasteiger partial charge in [-0.3, -0.25) is 0 Å². The van der Waals surface area contributed by atoms with E-state index in [2.05, 4.69) is 19.2 Å². The van der Waals surface area contributed by atoms with Crippen LogP contribution in [0.1, 0.15) is 19.4 Å². The smallest absolute Gasteiger partial charge is 0.0717 e. The molecule has 0 aliphatic rings. The summed E-state index contributed by atoms with van der Waals surface area (Å²) in [5.74, 6) is 0. The minimum absolute atomic E-state index is 0.160. The zero-order valence-corrected chi connectivity index (χ0v) is 11.0. The summed E-state index contributed by atoms with van der Waals surface area (Å²) in [6, 6.07) is 7.78. The van der Waals surface area contributed by atoms with E-state index in [1.54, 1.807) is 0 Å². The van der Waals surface area contributed by atoms with Crippen LogP contribution in [0.5, 0.6) is 0 Å². The molecule has 0 heterocycles. The van der Waals surface area contributed by atoms with Crippen molar-refractivity contribution in [3.05, 3.63) is 34.9 Å². The molecule has 3 heteroatoms. The average molecular weight is 242 g/mol. The van der Waals surface area contributed by atoms with Gasteiger partial charge in [0, 0.05) is 17.0 Å². The standard InChI is InChI=1S/C13H20ClNO/c1-13(2,9-15-3)10-16-8-11-5-4-6-12(14)7-11/h4-7,15H,8-10H2,1-3H3. The first kappa shape index (κ1) is 13.5. The van der Waals surface area contributed by atoms with Crippen molar-refractivity contribution in [2.24, 2.45) is 5.41 Å². The lowest BCUT2D eigenvalue weighted by Crippen LogP contribution is -2.31. The van der Waals surface area contributed by atoms with Crippen LogP contribution in [0.15, 0.2) is 24.3 Å². The van der Waals surface area contributed by atoms with Gasteiger partial charge in [-0.05, 0) is 24.7 Å². The zero-order chi connectivity index (χ0) is 12.0. The molecule has 0 radical (unpaired) electrons. The maximum Gasteiger partial charge on any atom is 0.0717 e. The van der Waals surface area contributed by atoms with Crippen LogP contribution >= 0.6 is 11.6 Å². The molecule has 90 valence electrons. The van der Waals surface area contributed by atoms with Gasteiger partial charge in [-0.1, -0.05) is 37.6 Å². The number of benzene rings is 1. The summed E-state index contributed by atoms with van der Waals surface area (Å²) in [5, 5.41) is 3.92. The quantitative estimate of drug-likeness (QED) is 0.827. The van der Waals surface area contributed by atoms with Crippen molar-refractivity contribution in [2.45, 2.75) is 20.5 Å². The average Bonchev–Trinajstić information content (AvgIpc) is 2.17. The van der Waals surface area contributed by atoms with Crippen LogP contribution in [0.3, 0.4) is 0 Å². The van der Waals surface area contributed by atoms with E-state index >= 15 is 0 Å². The lowest BCUT2D eigenvalue weighted by Gasteiger charge is -2.23. The zero-order valence-electron chi connectivity index (χ0n) is 10.2. The second-order valence-corrected chi connectivity index (χ2v) is 5.25. The summed E-state index contributed by atoms with van der Waals surface area (Å²) in [7, 11) is 1.96. The molecule has 0 aliphatic heterocycles. The molecule has 0 atom stereocenters. The Kier molecular flexibility index (Phi) is 5.26. The fraction of sp³-hybridized carbons (Fsp3) is 0.538. The molecule has 0 aliphatic carbocycles. The van der Waals surface area contributed by atoms with Crippen molar-refractivity contribution in [1.29, 1.82) is 0 Å². The van der Waals surface area contributed by atoms with Gasteiger partial charge in [0.2, 0.25) is 0 Å². The molecule has 0 saturated carbocycles. The van der Waals surface area contributed by atoms with Crippen LogP contribution in [-0.4, -0.2) is 20.2 Å². The topological polar surface area (TPSA) is 21.3 Å². The highest BCUT2D eigenvalue weighted by Gasteiger charge is 2.16. The molecule has 0 fully saturated rings. The minimum Gasteiger partial charge on any atom is -0.376 e. The SMILES string of the molecule is CNCC(C)(C)COCc1cccc(Cl)c1. The second kappa shape index (κ2) is 6.24. The summed E-state index contributed by atoms with van der Waals surface area (Å²) < 4.78 is 5.69. The van der Waals surface area contributed by atoms with E-state index in [1.807, 2.05) is 31.3 Å². The van der Waals surface area contributed by atoms with Crippen LogP contribution < -0.4 is 5.32 Å². The van der Waals surface area contributed by atoms with Crippen molar-refractivity contribution in [2.75, 3.05) is 20.2 Å². The summed E-state index contributed by atoms with van der Waals surface area (Å²) >= 11 is 5.90. The summed E-state index contributed by atoms with van der Waals surface area (Å²) in [5.41, 5.74) is 1.28. The Labute approximate surface area is 103 Å². The highest BCUT2D eigenvalue weighted by atomic mass is 35.5. The van der Waals surface area contributed by atoms with E-state index in [-0.39, 0.29) is 5.41 Å². The lowest BCUT2D eigenvalue weighted by atomic mass is 9.95. The molecule has 1 rings (SSSR count). The first-order chi connectivity index (χ1) is 7.53. The van der Waals surface area contributed by atoms with E-state index in [0.717, 1.165) is 23.7 Å². The van der Waals surface area contributed by atoms with Gasteiger partial charge < -0.3 is 10.1 Å². The second-order valence-electron chi connectivity index (χ2n) is 4.82.